The number of hydrogen-bond acceptors (Lipinski definition) is 3. The number of amides is 1. The first-order valence-corrected chi connectivity index (χ1v) is 7.24. The molecular weight excluding hydrogens is 301 g/mol. The van der Waals surface area contributed by atoms with Crippen LogP contribution < -0.4 is 0 Å². The van der Waals surface area contributed by atoms with Crippen molar-refractivity contribution in [1.82, 2.24) is 4.90 Å². The Hall–Kier alpha value is -1.26. The van der Waals surface area contributed by atoms with E-state index in [1.165, 1.54) is 0 Å². The van der Waals surface area contributed by atoms with E-state index < -0.39 is 5.97 Å². The number of halogens is 2. The summed E-state index contributed by atoms with van der Waals surface area (Å²) in [4.78, 5) is 25.5. The second-order valence-electron chi connectivity index (χ2n) is 4.61. The van der Waals surface area contributed by atoms with Crippen LogP contribution in [0, 0.1) is 0 Å². The molecule has 0 radical (unpaired) electrons. The Kier molecular flexibility index (Phi) is 5.26. The highest BCUT2D eigenvalue weighted by Crippen LogP contribution is 2.24. The SMILES string of the molecule is O=C(OCC(=O)N1CCCCC1)c1c(Cl)cccc1Cl. The fourth-order valence-corrected chi connectivity index (χ4v) is 2.68. The Labute approximate surface area is 127 Å². The largest absolute Gasteiger partial charge is 0.452 e. The van der Waals surface area contributed by atoms with Gasteiger partial charge in [0.05, 0.1) is 15.6 Å². The van der Waals surface area contributed by atoms with Crippen molar-refractivity contribution in [2.75, 3.05) is 19.7 Å². The lowest BCUT2D eigenvalue weighted by atomic mass is 10.1. The highest BCUT2D eigenvalue weighted by atomic mass is 35.5. The van der Waals surface area contributed by atoms with Gasteiger partial charge in [0.1, 0.15) is 0 Å². The zero-order valence-corrected chi connectivity index (χ0v) is 12.4. The summed E-state index contributed by atoms with van der Waals surface area (Å²) in [5.41, 5.74) is 0.0993. The number of piperidine rings is 1. The van der Waals surface area contributed by atoms with Gasteiger partial charge in [-0.3, -0.25) is 4.79 Å². The van der Waals surface area contributed by atoms with E-state index in [4.69, 9.17) is 27.9 Å². The fourth-order valence-electron chi connectivity index (χ4n) is 2.13. The molecule has 1 saturated heterocycles. The molecule has 0 atom stereocenters. The summed E-state index contributed by atoms with van der Waals surface area (Å²) in [6, 6.07) is 4.74. The molecule has 20 heavy (non-hydrogen) atoms. The lowest BCUT2D eigenvalue weighted by Crippen LogP contribution is -2.38. The van der Waals surface area contributed by atoms with Crippen LogP contribution in [0.4, 0.5) is 0 Å². The van der Waals surface area contributed by atoms with E-state index in [0.29, 0.717) is 0 Å². The van der Waals surface area contributed by atoms with Crippen molar-refractivity contribution in [3.63, 3.8) is 0 Å². The average Bonchev–Trinajstić information content (AvgIpc) is 2.45. The lowest BCUT2D eigenvalue weighted by molar-refractivity contribution is -0.135. The Bertz CT molecular complexity index is 493. The highest BCUT2D eigenvalue weighted by Gasteiger charge is 2.20. The maximum absolute atomic E-state index is 11.9. The lowest BCUT2D eigenvalue weighted by Gasteiger charge is -2.26. The van der Waals surface area contributed by atoms with Gasteiger partial charge in [-0.2, -0.15) is 0 Å². The minimum Gasteiger partial charge on any atom is -0.452 e. The van der Waals surface area contributed by atoms with E-state index in [1.807, 2.05) is 0 Å². The van der Waals surface area contributed by atoms with Gasteiger partial charge in [0.2, 0.25) is 0 Å². The number of carbonyl (C=O) groups excluding carboxylic acids is 2. The van der Waals surface area contributed by atoms with Gasteiger partial charge in [0, 0.05) is 13.1 Å². The van der Waals surface area contributed by atoms with Crippen molar-refractivity contribution in [1.29, 1.82) is 0 Å². The number of carbonyl (C=O) groups is 2. The molecule has 4 nitrogen and oxygen atoms in total. The van der Waals surface area contributed by atoms with Crippen molar-refractivity contribution < 1.29 is 14.3 Å². The minimum absolute atomic E-state index is 0.0993. The van der Waals surface area contributed by atoms with Gasteiger partial charge in [-0.05, 0) is 31.4 Å². The molecule has 0 bridgehead atoms. The third kappa shape index (κ3) is 3.64. The van der Waals surface area contributed by atoms with Crippen LogP contribution in [0.15, 0.2) is 18.2 Å². The molecule has 0 aromatic heterocycles. The quantitative estimate of drug-likeness (QED) is 0.805. The molecule has 0 spiro atoms. The van der Waals surface area contributed by atoms with Gasteiger partial charge in [0.25, 0.3) is 5.91 Å². The van der Waals surface area contributed by atoms with Crippen LogP contribution in [-0.2, 0) is 9.53 Å². The molecule has 0 N–H and O–H groups in total. The van der Waals surface area contributed by atoms with Crippen LogP contribution in [0.25, 0.3) is 0 Å². The molecule has 0 aliphatic carbocycles. The predicted molar refractivity (Wildman–Crippen MR) is 77.2 cm³/mol. The van der Waals surface area contributed by atoms with Crippen LogP contribution in [0.1, 0.15) is 29.6 Å². The van der Waals surface area contributed by atoms with Crippen molar-refractivity contribution in [3.8, 4) is 0 Å². The second kappa shape index (κ2) is 6.95. The maximum Gasteiger partial charge on any atom is 0.341 e. The molecule has 1 heterocycles. The van der Waals surface area contributed by atoms with Gasteiger partial charge < -0.3 is 9.64 Å². The first-order valence-electron chi connectivity index (χ1n) is 6.48. The molecule has 1 aromatic carbocycles. The minimum atomic E-state index is -0.675. The van der Waals surface area contributed by atoms with Crippen LogP contribution in [0.5, 0.6) is 0 Å². The van der Waals surface area contributed by atoms with E-state index in [-0.39, 0.29) is 28.1 Å². The molecule has 1 aliphatic heterocycles. The van der Waals surface area contributed by atoms with Gasteiger partial charge in [-0.15, -0.1) is 0 Å². The second-order valence-corrected chi connectivity index (χ2v) is 5.43. The van der Waals surface area contributed by atoms with Gasteiger partial charge in [-0.25, -0.2) is 4.79 Å². The van der Waals surface area contributed by atoms with Gasteiger partial charge in [-0.1, -0.05) is 29.3 Å². The summed E-state index contributed by atoms with van der Waals surface area (Å²) in [5, 5.41) is 0.431. The molecule has 2 rings (SSSR count). The van der Waals surface area contributed by atoms with E-state index in [0.717, 1.165) is 32.4 Å². The van der Waals surface area contributed by atoms with E-state index in [9.17, 15) is 9.59 Å². The molecule has 0 saturated carbocycles. The van der Waals surface area contributed by atoms with Crippen LogP contribution in [0.2, 0.25) is 10.0 Å². The highest BCUT2D eigenvalue weighted by molar-refractivity contribution is 6.39. The third-order valence-corrected chi connectivity index (χ3v) is 3.83. The number of benzene rings is 1. The maximum atomic E-state index is 11.9. The zero-order valence-electron chi connectivity index (χ0n) is 10.9. The molecular formula is C14H15Cl2NO3. The Morgan fingerprint density at radius 1 is 1.10 bits per heavy atom. The summed E-state index contributed by atoms with van der Waals surface area (Å²) in [7, 11) is 0. The van der Waals surface area contributed by atoms with Crippen LogP contribution in [0.3, 0.4) is 0 Å². The van der Waals surface area contributed by atoms with Crippen molar-refractivity contribution >= 4 is 35.1 Å². The predicted octanol–water partition coefficient (Wildman–Crippen LogP) is 3.16. The molecule has 1 aromatic rings. The van der Waals surface area contributed by atoms with Crippen LogP contribution >= 0.6 is 23.2 Å². The summed E-state index contributed by atoms with van der Waals surface area (Å²) < 4.78 is 5.01. The van der Waals surface area contributed by atoms with Crippen molar-refractivity contribution in [2.45, 2.75) is 19.3 Å². The normalized spacial score (nSPS) is 15.0. The smallest absolute Gasteiger partial charge is 0.341 e. The number of nitrogens with zero attached hydrogens (tertiary/aromatic N) is 1. The first kappa shape index (κ1) is 15.1. The van der Waals surface area contributed by atoms with Gasteiger partial charge in [0.15, 0.2) is 6.61 Å². The molecule has 1 fully saturated rings. The third-order valence-electron chi connectivity index (χ3n) is 3.20. The number of hydrogen-bond donors (Lipinski definition) is 0. The molecule has 6 heteroatoms. The average molecular weight is 316 g/mol. The molecule has 108 valence electrons. The standard InChI is InChI=1S/C14H15Cl2NO3/c15-10-5-4-6-11(16)13(10)14(19)20-9-12(18)17-7-2-1-3-8-17/h4-6H,1-3,7-9H2. The Balaban J connectivity index is 1.93. The molecule has 0 unspecified atom stereocenters. The Morgan fingerprint density at radius 2 is 1.70 bits per heavy atom. The topological polar surface area (TPSA) is 46.6 Å². The Morgan fingerprint density at radius 3 is 2.30 bits per heavy atom. The summed E-state index contributed by atoms with van der Waals surface area (Å²) in [6.45, 7) is 1.17. The van der Waals surface area contributed by atoms with Crippen molar-refractivity contribution in [2.24, 2.45) is 0 Å². The van der Waals surface area contributed by atoms with E-state index >= 15 is 0 Å². The summed E-state index contributed by atoms with van der Waals surface area (Å²) in [5.74, 6) is -0.854. The molecule has 1 amide bonds. The monoisotopic (exact) mass is 315 g/mol. The van der Waals surface area contributed by atoms with Crippen molar-refractivity contribution in [3.05, 3.63) is 33.8 Å². The number of esters is 1. The first-order chi connectivity index (χ1) is 9.59. The zero-order chi connectivity index (χ0) is 14.5. The fraction of sp³-hybridized carbons (Fsp3) is 0.429. The molecule has 1 aliphatic rings. The van der Waals surface area contributed by atoms with Crippen LogP contribution in [-0.4, -0.2) is 36.5 Å². The van der Waals surface area contributed by atoms with E-state index in [2.05, 4.69) is 0 Å². The van der Waals surface area contributed by atoms with Gasteiger partial charge >= 0.3 is 5.97 Å². The number of rotatable bonds is 3. The summed E-state index contributed by atoms with van der Waals surface area (Å²) in [6.07, 6.45) is 3.13. The summed E-state index contributed by atoms with van der Waals surface area (Å²) >= 11 is 11.8. The van der Waals surface area contributed by atoms with E-state index in [1.54, 1.807) is 23.1 Å². The number of ether oxygens (including phenoxy) is 1. The number of likely N-dealkylation sites (tertiary alicyclic amines) is 1.